The van der Waals surface area contributed by atoms with Gasteiger partial charge in [0.15, 0.2) is 5.58 Å². The van der Waals surface area contributed by atoms with E-state index in [-0.39, 0.29) is 30.3 Å². The zero-order valence-corrected chi connectivity index (χ0v) is 48.3. The van der Waals surface area contributed by atoms with Crippen LogP contribution >= 0.6 is 67.8 Å². The predicted octanol–water partition coefficient (Wildman–Crippen LogP) is 9.71. The summed E-state index contributed by atoms with van der Waals surface area (Å²) in [6, 6.07) is 10.2. The number of furan rings is 1. The molecule has 0 aromatic carbocycles. The minimum Gasteiger partial charge on any atom is -0.506 e. The normalized spacial score (nSPS) is 16.1. The van der Waals surface area contributed by atoms with Crippen molar-refractivity contribution in [2.75, 3.05) is 37.5 Å². The standard InChI is InChI=1S/C27H39N5O6.C11H16INO2.C6H5I2NO.C6H7NO/c1-6-18(7-2)37-21-12-16-11-20(38-25(16)15(4)29-21)22-14(3)30-27(28-8-9-36-5)32-26(22)31-19-10-17(13-33)23(34)24(19)35;1-4-8(5-2)15-10-6-9(12)11(14)7(3)13-10;1-3-6(10)4(7)2-5(8)9-3;1-5-6(8)3-2-4-7-5/h11-12,17-19,23-24,33-35H,6-10,13H2,1-5H3,(H2,28,30,31,32);6,8,14H,4-5H2,1-3H3;2,10H,1H3;2-4,8H,1H3/t17-,19-,23-,24+;;;/m1.../s1. The molecule has 0 spiro atoms. The summed E-state index contributed by atoms with van der Waals surface area (Å²) in [4.78, 5) is 26.0. The second kappa shape index (κ2) is 28.9. The van der Waals surface area contributed by atoms with Crippen molar-refractivity contribution < 1.29 is 49.3 Å². The zero-order valence-electron chi connectivity index (χ0n) is 41.8. The van der Waals surface area contributed by atoms with Crippen LogP contribution in [0.3, 0.4) is 0 Å². The second-order valence-corrected chi connectivity index (χ2v) is 20.1. The molecule has 0 bridgehead atoms. The first-order valence-electron chi connectivity index (χ1n) is 23.4. The van der Waals surface area contributed by atoms with E-state index in [9.17, 15) is 25.5 Å². The number of ether oxygens (including phenoxy) is 3. The van der Waals surface area contributed by atoms with Gasteiger partial charge in [-0.3, -0.25) is 4.98 Å². The Labute approximate surface area is 456 Å². The molecule has 4 atom stereocenters. The van der Waals surface area contributed by atoms with E-state index in [0.717, 1.165) is 41.9 Å². The molecule has 1 fully saturated rings. The van der Waals surface area contributed by atoms with Crippen molar-refractivity contribution in [3.8, 4) is 40.3 Å². The maximum atomic E-state index is 10.6. The highest BCUT2D eigenvalue weighted by atomic mass is 127. The SMILES string of the molecule is CCC(CC)Oc1cc(I)c(O)c(C)n1.CCC(CC)Oc1cc2cc(-c3c(C)nc(NCCOC)nc3N[C@@H]3C[C@H](CO)[C@@H](O)[C@H]3O)oc2c(C)n1.Cc1nc(I)cc(I)c1O.Cc1ncccc1O. The van der Waals surface area contributed by atoms with Crippen molar-refractivity contribution in [1.82, 2.24) is 29.9 Å². The fraction of sp³-hybridized carbons (Fsp3) is 0.480. The first-order valence-corrected chi connectivity index (χ1v) is 26.6. The van der Waals surface area contributed by atoms with E-state index in [0.29, 0.717) is 94.2 Å². The Morgan fingerprint density at radius 1 is 0.732 bits per heavy atom. The number of methoxy groups -OCH3 is 1. The number of pyridine rings is 4. The van der Waals surface area contributed by atoms with Gasteiger partial charge in [0.2, 0.25) is 17.7 Å². The van der Waals surface area contributed by atoms with Gasteiger partial charge < -0.3 is 59.9 Å². The Balaban J connectivity index is 0.000000267. The number of halogens is 3. The quantitative estimate of drug-likeness (QED) is 0.0255. The lowest BCUT2D eigenvalue weighted by Crippen LogP contribution is -2.35. The fourth-order valence-corrected chi connectivity index (χ4v) is 9.89. The molecular weight excluding hydrogens is 1250 g/mol. The number of fused-ring (bicyclic) bond motifs is 1. The molecule has 388 valence electrons. The van der Waals surface area contributed by atoms with Crippen LogP contribution in [-0.4, -0.2) is 118 Å². The topological polar surface area (TPSA) is 264 Å². The van der Waals surface area contributed by atoms with Crippen LogP contribution in [0, 0.1) is 51.4 Å². The third-order valence-electron chi connectivity index (χ3n) is 11.5. The van der Waals surface area contributed by atoms with E-state index in [1.807, 2.05) is 32.0 Å². The molecule has 71 heavy (non-hydrogen) atoms. The molecule has 1 aliphatic carbocycles. The van der Waals surface area contributed by atoms with E-state index >= 15 is 0 Å². The van der Waals surface area contributed by atoms with Gasteiger partial charge in [-0.25, -0.2) is 19.9 Å². The number of aromatic hydroxyl groups is 3. The molecule has 0 aliphatic heterocycles. The Morgan fingerprint density at radius 3 is 1.85 bits per heavy atom. The van der Waals surface area contributed by atoms with Crippen molar-refractivity contribution in [3.63, 3.8) is 0 Å². The number of aryl methyl sites for hydroxylation is 5. The average molecular weight is 1320 g/mol. The van der Waals surface area contributed by atoms with Gasteiger partial charge in [0.25, 0.3) is 0 Å². The summed E-state index contributed by atoms with van der Waals surface area (Å²) in [5, 5.41) is 65.6. The van der Waals surface area contributed by atoms with E-state index in [4.69, 9.17) is 23.7 Å². The Morgan fingerprint density at radius 2 is 1.32 bits per heavy atom. The van der Waals surface area contributed by atoms with Crippen LogP contribution in [0.2, 0.25) is 0 Å². The van der Waals surface area contributed by atoms with Gasteiger partial charge in [0, 0.05) is 49.9 Å². The lowest BCUT2D eigenvalue weighted by Gasteiger charge is -2.21. The molecule has 7 rings (SSSR count). The number of hydrogen-bond acceptors (Lipinski definition) is 18. The summed E-state index contributed by atoms with van der Waals surface area (Å²) in [5.74, 6) is 2.90. The molecule has 6 heterocycles. The van der Waals surface area contributed by atoms with Gasteiger partial charge in [-0.15, -0.1) is 0 Å². The van der Waals surface area contributed by atoms with E-state index in [2.05, 4.69) is 136 Å². The number of aromatic nitrogens is 6. The maximum Gasteiger partial charge on any atom is 0.224 e. The number of aliphatic hydroxyl groups excluding tert-OH is 3. The van der Waals surface area contributed by atoms with Crippen molar-refractivity contribution in [3.05, 3.63) is 81.9 Å². The lowest BCUT2D eigenvalue weighted by atomic mass is 10.1. The van der Waals surface area contributed by atoms with Crippen LogP contribution in [0.15, 0.2) is 47.0 Å². The molecule has 6 aromatic heterocycles. The Kier molecular flexibility index (Phi) is 24.2. The summed E-state index contributed by atoms with van der Waals surface area (Å²) >= 11 is 6.28. The third-order valence-corrected chi connectivity index (χ3v) is 13.7. The summed E-state index contributed by atoms with van der Waals surface area (Å²) in [7, 11) is 1.62. The fourth-order valence-electron chi connectivity index (χ4n) is 7.28. The Bertz CT molecular complexity index is 2570. The van der Waals surface area contributed by atoms with Crippen LogP contribution in [0.5, 0.6) is 29.0 Å². The van der Waals surface area contributed by atoms with E-state index < -0.39 is 24.2 Å². The number of hydrogen-bond donors (Lipinski definition) is 8. The van der Waals surface area contributed by atoms with Gasteiger partial charge in [0.1, 0.15) is 38.6 Å². The van der Waals surface area contributed by atoms with E-state index in [1.165, 1.54) is 0 Å². The molecule has 1 saturated carbocycles. The Hall–Kier alpha value is -4.15. The molecule has 0 radical (unpaired) electrons. The molecule has 0 saturated heterocycles. The molecule has 0 unspecified atom stereocenters. The highest BCUT2D eigenvalue weighted by Gasteiger charge is 2.41. The minimum atomic E-state index is -1.06. The number of aliphatic hydroxyl groups is 3. The van der Waals surface area contributed by atoms with Crippen molar-refractivity contribution in [2.24, 2.45) is 5.92 Å². The minimum absolute atomic E-state index is 0.0891. The number of nitrogens with one attached hydrogen (secondary N) is 2. The smallest absolute Gasteiger partial charge is 0.224 e. The highest BCUT2D eigenvalue weighted by Crippen LogP contribution is 2.38. The monoisotopic (exact) mass is 1320 g/mol. The number of nitrogens with zero attached hydrogens (tertiary/aromatic N) is 6. The summed E-state index contributed by atoms with van der Waals surface area (Å²) < 4.78 is 25.7. The summed E-state index contributed by atoms with van der Waals surface area (Å²) in [5.41, 5.74) is 4.62. The highest BCUT2D eigenvalue weighted by molar-refractivity contribution is 14.1. The molecule has 0 amide bonds. The first kappa shape index (κ1) is 59.4. The van der Waals surface area contributed by atoms with E-state index in [1.54, 1.807) is 52.3 Å². The van der Waals surface area contributed by atoms with Crippen LogP contribution in [0.1, 0.15) is 88.3 Å². The molecule has 1 aliphatic rings. The molecule has 8 N–H and O–H groups in total. The largest absolute Gasteiger partial charge is 0.506 e. The van der Waals surface area contributed by atoms with Gasteiger partial charge in [0.05, 0.1) is 72.1 Å². The predicted molar refractivity (Wildman–Crippen MR) is 300 cm³/mol. The second-order valence-electron chi connectivity index (χ2n) is 16.7. The zero-order chi connectivity index (χ0) is 52.5. The molecule has 18 nitrogen and oxygen atoms in total. The summed E-state index contributed by atoms with van der Waals surface area (Å²) in [6.45, 7) is 18.2. The third kappa shape index (κ3) is 17.0. The maximum absolute atomic E-state index is 10.6. The van der Waals surface area contributed by atoms with Crippen LogP contribution in [0.4, 0.5) is 11.8 Å². The van der Waals surface area contributed by atoms with Crippen LogP contribution in [0.25, 0.3) is 22.3 Å². The first-order chi connectivity index (χ1) is 33.8. The van der Waals surface area contributed by atoms with Gasteiger partial charge in [-0.2, -0.15) is 4.98 Å². The van der Waals surface area contributed by atoms with Gasteiger partial charge in [-0.05, 0) is 159 Å². The lowest BCUT2D eigenvalue weighted by molar-refractivity contribution is 0.00446. The number of rotatable bonds is 16. The molecular formula is C50H67I3N8O10. The number of anilines is 2. The van der Waals surface area contributed by atoms with Crippen molar-refractivity contribution >= 4 is 90.5 Å². The molecule has 21 heteroatoms. The van der Waals surface area contributed by atoms with Gasteiger partial charge in [-0.1, -0.05) is 27.7 Å². The molecule has 6 aromatic rings. The average Bonchev–Trinajstić information content (AvgIpc) is 3.88. The van der Waals surface area contributed by atoms with Gasteiger partial charge >= 0.3 is 0 Å². The summed E-state index contributed by atoms with van der Waals surface area (Å²) in [6.07, 6.45) is 3.95. The van der Waals surface area contributed by atoms with Crippen molar-refractivity contribution in [2.45, 2.75) is 125 Å². The van der Waals surface area contributed by atoms with Crippen molar-refractivity contribution in [1.29, 1.82) is 0 Å². The van der Waals surface area contributed by atoms with Crippen LogP contribution < -0.4 is 20.1 Å². The van der Waals surface area contributed by atoms with Crippen LogP contribution in [-0.2, 0) is 4.74 Å².